The quantitative estimate of drug-likeness (QED) is 0.168. The van der Waals surface area contributed by atoms with E-state index in [9.17, 15) is 10.4 Å². The van der Waals surface area contributed by atoms with Gasteiger partial charge in [0, 0.05) is 54.4 Å². The van der Waals surface area contributed by atoms with Crippen molar-refractivity contribution in [3.05, 3.63) is 185 Å². The van der Waals surface area contributed by atoms with Gasteiger partial charge in [0.25, 0.3) is 0 Å². The third-order valence-electron chi connectivity index (χ3n) is 11.8. The monoisotopic (exact) mass is 1010 g/mol. The van der Waals surface area contributed by atoms with E-state index in [1.807, 2.05) is 91.9 Å². The Morgan fingerprint density at radius 1 is 0.609 bits per heavy atom. The first-order valence-corrected chi connectivity index (χ1v) is 21.1. The first-order valence-electron chi connectivity index (χ1n) is 21.1. The van der Waals surface area contributed by atoms with E-state index in [4.69, 9.17) is 16.5 Å². The van der Waals surface area contributed by atoms with E-state index in [1.165, 1.54) is 11.1 Å². The number of aromatic hydroxyl groups is 1. The largest absolute Gasteiger partial charge is 0.507 e. The average Bonchev–Trinajstić information content (AvgIpc) is 3.61. The maximum absolute atomic E-state index is 11.0. The van der Waals surface area contributed by atoms with Gasteiger partial charge in [-0.2, -0.15) is 5.26 Å². The second-order valence-corrected chi connectivity index (χ2v) is 18.3. The van der Waals surface area contributed by atoms with Crippen LogP contribution >= 0.6 is 0 Å². The molecule has 3 heterocycles. The van der Waals surface area contributed by atoms with Gasteiger partial charge >= 0.3 is 0 Å². The fraction of sp³-hybridized carbons (Fsp3) is 0.158. The maximum atomic E-state index is 11.0. The van der Waals surface area contributed by atoms with E-state index in [0.717, 1.165) is 72.3 Å². The molecule has 7 heteroatoms. The summed E-state index contributed by atoms with van der Waals surface area (Å²) in [6, 6.07) is 54.5. The molecule has 9 aromatic rings. The van der Waals surface area contributed by atoms with E-state index in [1.54, 1.807) is 6.07 Å². The third kappa shape index (κ3) is 8.15. The summed E-state index contributed by atoms with van der Waals surface area (Å²) in [4.78, 5) is 14.2. The Kier molecular flexibility index (Phi) is 11.5. The van der Waals surface area contributed by atoms with Crippen LogP contribution in [0.4, 0.5) is 5.69 Å². The van der Waals surface area contributed by atoms with Crippen LogP contribution in [0.5, 0.6) is 5.75 Å². The van der Waals surface area contributed by atoms with Gasteiger partial charge in [0.2, 0.25) is 5.69 Å². The van der Waals surface area contributed by atoms with Crippen LogP contribution in [0.25, 0.3) is 88.5 Å². The minimum atomic E-state index is -0.0653. The van der Waals surface area contributed by atoms with Crippen LogP contribution in [-0.4, -0.2) is 19.6 Å². The summed E-state index contributed by atoms with van der Waals surface area (Å²) in [5.41, 5.74) is 14.7. The number of nitrogens with zero attached hydrogens (tertiary/aromatic N) is 5. The fourth-order valence-corrected chi connectivity index (χ4v) is 8.37. The molecule has 0 spiro atoms. The second-order valence-electron chi connectivity index (χ2n) is 18.3. The van der Waals surface area contributed by atoms with Crippen LogP contribution in [0.3, 0.4) is 0 Å². The van der Waals surface area contributed by atoms with E-state index in [2.05, 4.69) is 118 Å². The van der Waals surface area contributed by atoms with Crippen molar-refractivity contribution >= 4 is 27.5 Å². The molecular weight excluding hydrogens is 966 g/mol. The molecule has 6 nitrogen and oxygen atoms in total. The molecule has 0 saturated carbocycles. The molecule has 316 valence electrons. The van der Waals surface area contributed by atoms with Gasteiger partial charge in [-0.1, -0.05) is 143 Å². The normalized spacial score (nSPS) is 11.6. The third-order valence-corrected chi connectivity index (χ3v) is 11.8. The molecule has 0 radical (unpaired) electrons. The molecule has 0 atom stereocenters. The Morgan fingerprint density at radius 2 is 1.22 bits per heavy atom. The van der Waals surface area contributed by atoms with Gasteiger partial charge in [0.1, 0.15) is 5.75 Å². The van der Waals surface area contributed by atoms with Crippen molar-refractivity contribution in [2.45, 2.75) is 59.3 Å². The number of phenolic OH excluding ortho intramolecular Hbond substituents is 1. The number of benzene rings is 6. The van der Waals surface area contributed by atoms with E-state index >= 15 is 0 Å². The van der Waals surface area contributed by atoms with Crippen molar-refractivity contribution in [2.75, 3.05) is 0 Å². The van der Waals surface area contributed by atoms with Crippen LogP contribution < -0.4 is 0 Å². The number of pyridine rings is 2. The molecule has 0 aliphatic heterocycles. The number of fused-ring (bicyclic) bond motifs is 3. The van der Waals surface area contributed by atoms with E-state index in [0.29, 0.717) is 28.2 Å². The Balaban J connectivity index is 0.00000560. The summed E-state index contributed by atoms with van der Waals surface area (Å²) < 4.78 is 2.05. The number of aryl methyl sites for hydroxylation is 1. The predicted molar refractivity (Wildman–Crippen MR) is 257 cm³/mol. The molecule has 1 N–H and O–H groups in total. The smallest absolute Gasteiger partial charge is 0.212 e. The molecular formula is C57H46N5OPt-. The average molecular weight is 1010 g/mol. The van der Waals surface area contributed by atoms with Crippen molar-refractivity contribution < 1.29 is 26.2 Å². The van der Waals surface area contributed by atoms with Crippen molar-refractivity contribution in [3.8, 4) is 73.7 Å². The first-order chi connectivity index (χ1) is 30.2. The van der Waals surface area contributed by atoms with Gasteiger partial charge in [-0.05, 0) is 82.5 Å². The Labute approximate surface area is 389 Å². The molecule has 0 unspecified atom stereocenters. The summed E-state index contributed by atoms with van der Waals surface area (Å²) in [6.45, 7) is 23.4. The van der Waals surface area contributed by atoms with Gasteiger partial charge in [-0.25, -0.2) is 4.85 Å². The number of hydrogen-bond acceptors (Lipinski definition) is 4. The van der Waals surface area contributed by atoms with Crippen molar-refractivity contribution in [3.63, 3.8) is 0 Å². The van der Waals surface area contributed by atoms with Crippen LogP contribution in [0.15, 0.2) is 146 Å². The SMILES string of the molecule is [C-]#[N+]c1cc(C)cc(C#N)c1-n1c2ccccc2c2ccc(-c3cccc(-c4[c-]c(-c5cc(-c6cc(C(C)(C)C)cc(C(C)(C)C)c6)cc(-c6ccccc6O)n5)ccc4)n3)cc21.[Pt]. The molecule has 0 aliphatic carbocycles. The number of hydrogen-bond donors (Lipinski definition) is 1. The molecule has 64 heavy (non-hydrogen) atoms. The Bertz CT molecular complexity index is 3300. The molecule has 6 aromatic carbocycles. The molecule has 0 bridgehead atoms. The summed E-state index contributed by atoms with van der Waals surface area (Å²) in [5, 5.41) is 23.4. The van der Waals surface area contributed by atoms with Crippen LogP contribution in [-0.2, 0) is 31.9 Å². The van der Waals surface area contributed by atoms with Crippen molar-refractivity contribution in [1.29, 1.82) is 5.26 Å². The van der Waals surface area contributed by atoms with Crippen molar-refractivity contribution in [2.24, 2.45) is 0 Å². The molecule has 9 rings (SSSR count). The van der Waals surface area contributed by atoms with Crippen LogP contribution in [0.1, 0.15) is 63.8 Å². The molecule has 0 amide bonds. The number of nitriles is 1. The molecule has 3 aromatic heterocycles. The fourth-order valence-electron chi connectivity index (χ4n) is 8.37. The topological polar surface area (TPSA) is 79.1 Å². The van der Waals surface area contributed by atoms with Gasteiger partial charge in [0.15, 0.2) is 0 Å². The number of aromatic nitrogens is 3. The number of rotatable bonds is 6. The van der Waals surface area contributed by atoms with Crippen LogP contribution in [0, 0.1) is 30.9 Å². The molecule has 0 aliphatic rings. The summed E-state index contributed by atoms with van der Waals surface area (Å²) in [6.07, 6.45) is 0. The molecule has 0 fully saturated rings. The maximum Gasteiger partial charge on any atom is 0.212 e. The zero-order valence-corrected chi connectivity index (χ0v) is 39.1. The number of para-hydroxylation sites is 2. The second kappa shape index (κ2) is 16.9. The standard InChI is InChI=1S/C57H46N5O.Pt/c1-35-25-41(34-58)55(51(26-35)59-8)62-52-21-11-9-17-44(52)45-24-23-38(32-53(45)62)48-20-14-19-47(60-48)36-15-13-16-37(27-36)49-30-40(31-50(61-49)46-18-10-12-22-54(46)63)39-28-42(56(2,3)4)33-43(29-39)57(5,6)7;/h9-26,28-33,63H,1-7H3;/q-1;. The van der Waals surface area contributed by atoms with Crippen LogP contribution in [0.2, 0.25) is 0 Å². The number of phenols is 1. The Hall–Kier alpha value is -7.11. The zero-order chi connectivity index (χ0) is 44.2. The Morgan fingerprint density at radius 3 is 1.92 bits per heavy atom. The van der Waals surface area contributed by atoms with E-state index < -0.39 is 0 Å². The van der Waals surface area contributed by atoms with Crippen molar-refractivity contribution in [1.82, 2.24) is 14.5 Å². The van der Waals surface area contributed by atoms with Gasteiger partial charge < -0.3 is 9.67 Å². The predicted octanol–water partition coefficient (Wildman–Crippen LogP) is 14.7. The zero-order valence-electron chi connectivity index (χ0n) is 36.9. The molecule has 0 saturated heterocycles. The minimum absolute atomic E-state index is 0. The minimum Gasteiger partial charge on any atom is -0.507 e. The van der Waals surface area contributed by atoms with Gasteiger partial charge in [0.05, 0.1) is 46.3 Å². The van der Waals surface area contributed by atoms with E-state index in [-0.39, 0.29) is 37.6 Å². The van der Waals surface area contributed by atoms with Gasteiger partial charge in [-0.3, -0.25) is 9.97 Å². The van der Waals surface area contributed by atoms with Gasteiger partial charge in [-0.15, -0.1) is 24.3 Å². The summed E-state index contributed by atoms with van der Waals surface area (Å²) in [5.74, 6) is 0.167. The summed E-state index contributed by atoms with van der Waals surface area (Å²) >= 11 is 0. The summed E-state index contributed by atoms with van der Waals surface area (Å²) in [7, 11) is 0. The first kappa shape index (κ1) is 43.5.